The van der Waals surface area contributed by atoms with Gasteiger partial charge in [0.15, 0.2) is 0 Å². The first kappa shape index (κ1) is 13.0. The maximum atomic E-state index is 7.05. The molecule has 6 nitrogen and oxygen atoms in total. The first-order valence-corrected chi connectivity index (χ1v) is 5.21. The number of aromatic nitrogens is 2. The van der Waals surface area contributed by atoms with Gasteiger partial charge >= 0.3 is 0 Å². The highest BCUT2D eigenvalue weighted by molar-refractivity contribution is 6.11. The normalized spacial score (nSPS) is 12.4. The van der Waals surface area contributed by atoms with E-state index in [0.717, 1.165) is 17.6 Å². The number of hydrogen-bond acceptors (Lipinski definition) is 5. The molecule has 1 aromatic rings. The summed E-state index contributed by atoms with van der Waals surface area (Å²) in [4.78, 5) is 11.8. The van der Waals surface area contributed by atoms with E-state index in [2.05, 4.69) is 15.0 Å². The summed E-state index contributed by atoms with van der Waals surface area (Å²) in [5, 5.41) is 8.65. The van der Waals surface area contributed by atoms with Gasteiger partial charge in [-0.25, -0.2) is 20.8 Å². The lowest BCUT2D eigenvalue weighted by Gasteiger charge is -2.16. The van der Waals surface area contributed by atoms with Crippen molar-refractivity contribution in [1.29, 1.82) is 5.41 Å². The van der Waals surface area contributed by atoms with Gasteiger partial charge in [0.2, 0.25) is 0 Å². The molecule has 0 unspecified atom stereocenters. The highest BCUT2D eigenvalue weighted by Crippen LogP contribution is 2.04. The van der Waals surface area contributed by atoms with Gasteiger partial charge in [-0.05, 0) is 19.9 Å². The van der Waals surface area contributed by atoms with Crippen LogP contribution in [0, 0.1) is 5.41 Å². The molecule has 0 aromatic carbocycles. The van der Waals surface area contributed by atoms with Crippen molar-refractivity contribution < 1.29 is 0 Å². The Balaban J connectivity index is 3.05. The Morgan fingerprint density at radius 1 is 1.53 bits per heavy atom. The van der Waals surface area contributed by atoms with E-state index in [-0.39, 0.29) is 0 Å². The van der Waals surface area contributed by atoms with Crippen molar-refractivity contribution in [2.24, 2.45) is 10.8 Å². The van der Waals surface area contributed by atoms with Crippen molar-refractivity contribution in [2.75, 3.05) is 6.54 Å². The number of hydrazine groups is 1. The molecule has 90 valence electrons. The molecule has 0 spiro atoms. The van der Waals surface area contributed by atoms with Crippen molar-refractivity contribution in [1.82, 2.24) is 15.0 Å². The molecule has 0 saturated heterocycles. The largest absolute Gasteiger partial charge is 0.316 e. The summed E-state index contributed by atoms with van der Waals surface area (Å²) >= 11 is 0. The highest BCUT2D eigenvalue weighted by atomic mass is 15.4. The van der Waals surface area contributed by atoms with Gasteiger partial charge in [-0.3, -0.25) is 5.41 Å². The fraction of sp³-hybridized carbons (Fsp3) is 0.273. The fourth-order valence-electron chi connectivity index (χ4n) is 1.23. The lowest BCUT2D eigenvalue weighted by molar-refractivity contribution is 0.381. The van der Waals surface area contributed by atoms with Gasteiger partial charge in [0, 0.05) is 30.2 Å². The first-order chi connectivity index (χ1) is 8.19. The predicted molar refractivity (Wildman–Crippen MR) is 67.7 cm³/mol. The van der Waals surface area contributed by atoms with Crippen LogP contribution in [0.4, 0.5) is 0 Å². The van der Waals surface area contributed by atoms with Crippen LogP contribution in [0.15, 0.2) is 35.5 Å². The van der Waals surface area contributed by atoms with Gasteiger partial charge in [-0.2, -0.15) is 0 Å². The number of hydrogen-bond donors (Lipinski definition) is 2. The summed E-state index contributed by atoms with van der Waals surface area (Å²) in [6.45, 7) is 4.54. The number of rotatable bonds is 5. The zero-order valence-electron chi connectivity index (χ0n) is 9.96. The zero-order valence-corrected chi connectivity index (χ0v) is 9.96. The van der Waals surface area contributed by atoms with Gasteiger partial charge in [0.05, 0.1) is 5.71 Å². The molecule has 17 heavy (non-hydrogen) atoms. The third-order valence-electron chi connectivity index (χ3n) is 2.20. The van der Waals surface area contributed by atoms with E-state index >= 15 is 0 Å². The third kappa shape index (κ3) is 3.76. The first-order valence-electron chi connectivity index (χ1n) is 5.21. The Morgan fingerprint density at radius 3 is 2.71 bits per heavy atom. The van der Waals surface area contributed by atoms with Crippen molar-refractivity contribution in [3.63, 3.8) is 0 Å². The molecule has 6 heteroatoms. The summed E-state index contributed by atoms with van der Waals surface area (Å²) in [5.41, 5.74) is 2.22. The van der Waals surface area contributed by atoms with Crippen molar-refractivity contribution in [3.05, 3.63) is 36.1 Å². The van der Waals surface area contributed by atoms with Gasteiger partial charge in [0.1, 0.15) is 12.7 Å². The second-order valence-corrected chi connectivity index (χ2v) is 3.34. The molecule has 1 aromatic heterocycles. The SMILES string of the molecule is CCN(N)/C(C)=C/C(=NC=N)c1cncnc1. The van der Waals surface area contributed by atoms with E-state index in [4.69, 9.17) is 11.3 Å². The van der Waals surface area contributed by atoms with Crippen LogP contribution in [-0.4, -0.2) is 33.6 Å². The maximum absolute atomic E-state index is 7.05. The standard InChI is InChI=1S/C11H16N6/c1-3-17(13)9(2)4-11(16-7-12)10-5-14-8-15-6-10/h4-8,12H,3,13H2,1-2H3/b9-4+,12-7?,16-11?. The van der Waals surface area contributed by atoms with Gasteiger partial charge in [-0.1, -0.05) is 0 Å². The average molecular weight is 232 g/mol. The Bertz CT molecular complexity index is 423. The summed E-state index contributed by atoms with van der Waals surface area (Å²) in [6.07, 6.45) is 7.52. The molecular formula is C11H16N6. The molecule has 0 aliphatic rings. The monoisotopic (exact) mass is 232 g/mol. The summed E-state index contributed by atoms with van der Waals surface area (Å²) in [5.74, 6) is 5.76. The van der Waals surface area contributed by atoms with E-state index in [1.54, 1.807) is 23.5 Å². The quantitative estimate of drug-likeness (QED) is 0.342. The lowest BCUT2D eigenvalue weighted by Crippen LogP contribution is -2.29. The highest BCUT2D eigenvalue weighted by Gasteiger charge is 2.03. The Kier molecular flexibility index (Phi) is 4.96. The number of nitrogens with one attached hydrogen (secondary N) is 1. The van der Waals surface area contributed by atoms with Crippen LogP contribution in [0.3, 0.4) is 0 Å². The third-order valence-corrected chi connectivity index (χ3v) is 2.20. The topological polar surface area (TPSA) is 91.2 Å². The summed E-state index contributed by atoms with van der Waals surface area (Å²) in [6, 6.07) is 0. The minimum absolute atomic E-state index is 0.613. The Labute approximate surface area is 100 Å². The van der Waals surface area contributed by atoms with Crippen molar-refractivity contribution in [2.45, 2.75) is 13.8 Å². The average Bonchev–Trinajstić information content (AvgIpc) is 2.38. The molecule has 0 aliphatic carbocycles. The smallest absolute Gasteiger partial charge is 0.115 e. The number of aliphatic imine (C=N–C) groups is 1. The van der Waals surface area contributed by atoms with E-state index < -0.39 is 0 Å². The van der Waals surface area contributed by atoms with Crippen LogP contribution in [0.5, 0.6) is 0 Å². The number of allylic oxidation sites excluding steroid dienone is 2. The molecule has 1 rings (SSSR count). The zero-order chi connectivity index (χ0) is 12.7. The van der Waals surface area contributed by atoms with Crippen LogP contribution in [0.2, 0.25) is 0 Å². The summed E-state index contributed by atoms with van der Waals surface area (Å²) < 4.78 is 0. The molecule has 0 radical (unpaired) electrons. The van der Waals surface area contributed by atoms with E-state index in [0.29, 0.717) is 12.3 Å². The Hall–Kier alpha value is -2.08. The van der Waals surface area contributed by atoms with Crippen LogP contribution in [0.25, 0.3) is 0 Å². The van der Waals surface area contributed by atoms with Gasteiger partial charge in [-0.15, -0.1) is 0 Å². The van der Waals surface area contributed by atoms with E-state index in [9.17, 15) is 0 Å². The molecule has 0 saturated carbocycles. The molecule has 1 heterocycles. The van der Waals surface area contributed by atoms with Gasteiger partial charge < -0.3 is 5.01 Å². The summed E-state index contributed by atoms with van der Waals surface area (Å²) in [7, 11) is 0. The number of nitrogens with zero attached hydrogens (tertiary/aromatic N) is 4. The number of nitrogens with two attached hydrogens (primary N) is 1. The van der Waals surface area contributed by atoms with Crippen LogP contribution >= 0.6 is 0 Å². The maximum Gasteiger partial charge on any atom is 0.115 e. The lowest BCUT2D eigenvalue weighted by atomic mass is 10.2. The minimum Gasteiger partial charge on any atom is -0.316 e. The Morgan fingerprint density at radius 2 is 2.18 bits per heavy atom. The van der Waals surface area contributed by atoms with Crippen LogP contribution in [0.1, 0.15) is 19.4 Å². The molecule has 0 atom stereocenters. The van der Waals surface area contributed by atoms with Crippen LogP contribution < -0.4 is 5.84 Å². The van der Waals surface area contributed by atoms with E-state index in [1.807, 2.05) is 13.8 Å². The predicted octanol–water partition coefficient (Wildman–Crippen LogP) is 0.972. The van der Waals surface area contributed by atoms with Crippen molar-refractivity contribution in [3.8, 4) is 0 Å². The molecular weight excluding hydrogens is 216 g/mol. The second kappa shape index (κ2) is 6.49. The molecule has 0 bridgehead atoms. The molecule has 0 fully saturated rings. The van der Waals surface area contributed by atoms with E-state index in [1.165, 1.54) is 6.33 Å². The minimum atomic E-state index is 0.613. The fourth-order valence-corrected chi connectivity index (χ4v) is 1.23. The molecule has 0 amide bonds. The molecule has 3 N–H and O–H groups in total. The molecule has 0 aliphatic heterocycles. The van der Waals surface area contributed by atoms with Gasteiger partial charge in [0.25, 0.3) is 0 Å². The second-order valence-electron chi connectivity index (χ2n) is 3.34. The van der Waals surface area contributed by atoms with Crippen molar-refractivity contribution >= 4 is 12.1 Å². The van der Waals surface area contributed by atoms with Crippen LogP contribution in [-0.2, 0) is 0 Å².